The zero-order chi connectivity index (χ0) is 21.8. The number of hydrogen-bond acceptors (Lipinski definition) is 7. The van der Waals surface area contributed by atoms with Crippen LogP contribution in [0.15, 0.2) is 77.3 Å². The molecule has 1 N–H and O–H groups in total. The van der Waals surface area contributed by atoms with Crippen LogP contribution in [0.25, 0.3) is 11.3 Å². The number of benzene rings is 2. The summed E-state index contributed by atoms with van der Waals surface area (Å²) in [5.74, 6) is 0.780. The normalized spacial score (nSPS) is 11.0. The maximum Gasteiger partial charge on any atom is 0.263 e. The largest absolute Gasteiger partial charge is 0.456 e. The molecule has 4 aromatic rings. The van der Waals surface area contributed by atoms with Crippen molar-refractivity contribution >= 4 is 26.5 Å². The minimum absolute atomic E-state index is 0.0485. The Morgan fingerprint density at radius 2 is 1.87 bits per heavy atom. The smallest absolute Gasteiger partial charge is 0.263 e. The summed E-state index contributed by atoms with van der Waals surface area (Å²) < 4.78 is 33.3. The molecule has 31 heavy (non-hydrogen) atoms. The van der Waals surface area contributed by atoms with Crippen molar-refractivity contribution in [2.45, 2.75) is 11.8 Å². The van der Waals surface area contributed by atoms with E-state index in [1.54, 1.807) is 23.7 Å². The van der Waals surface area contributed by atoms with E-state index in [0.717, 1.165) is 28.2 Å². The number of hydrogen-bond donors (Lipinski definition) is 1. The fourth-order valence-electron chi connectivity index (χ4n) is 2.90. The van der Waals surface area contributed by atoms with E-state index in [0.29, 0.717) is 5.75 Å². The second kappa shape index (κ2) is 8.55. The van der Waals surface area contributed by atoms with Crippen molar-refractivity contribution in [3.05, 3.63) is 83.5 Å². The third-order valence-corrected chi connectivity index (χ3v) is 6.56. The summed E-state index contributed by atoms with van der Waals surface area (Å²) in [6.07, 6.45) is 3.24. The number of aromatic nitrogens is 2. The lowest BCUT2D eigenvalue weighted by Crippen LogP contribution is -2.13. The number of nitrogens with one attached hydrogen (secondary N) is 1. The second-order valence-electron chi connectivity index (χ2n) is 6.51. The summed E-state index contributed by atoms with van der Waals surface area (Å²) in [6, 6.07) is 17.3. The van der Waals surface area contributed by atoms with E-state index in [1.807, 2.05) is 37.3 Å². The fraction of sp³-hybridized carbons (Fsp3) is 0.0455. The van der Waals surface area contributed by atoms with Crippen LogP contribution in [0.4, 0.5) is 5.13 Å². The molecule has 0 saturated carbocycles. The number of ether oxygens (including phenoxy) is 1. The number of thiazole rings is 1. The molecule has 2 heterocycles. The van der Waals surface area contributed by atoms with Crippen molar-refractivity contribution in [2.75, 3.05) is 4.72 Å². The first kappa shape index (κ1) is 20.5. The van der Waals surface area contributed by atoms with Crippen LogP contribution >= 0.6 is 11.3 Å². The Kier molecular flexibility index (Phi) is 5.66. The summed E-state index contributed by atoms with van der Waals surface area (Å²) in [6.45, 7) is 1.99. The van der Waals surface area contributed by atoms with E-state index >= 15 is 0 Å². The Bertz CT molecular complexity index is 1360. The average Bonchev–Trinajstić information content (AvgIpc) is 3.27. The van der Waals surface area contributed by atoms with Crippen molar-refractivity contribution in [1.82, 2.24) is 9.97 Å². The van der Waals surface area contributed by atoms with Gasteiger partial charge in [0, 0.05) is 23.3 Å². The van der Waals surface area contributed by atoms with E-state index in [2.05, 4.69) is 14.7 Å². The third-order valence-electron chi connectivity index (χ3n) is 4.40. The summed E-state index contributed by atoms with van der Waals surface area (Å²) in [5, 5.41) is 11.4. The molecule has 0 saturated heterocycles. The number of anilines is 1. The first-order chi connectivity index (χ1) is 15.0. The van der Waals surface area contributed by atoms with Crippen LogP contribution in [0.2, 0.25) is 0 Å². The Morgan fingerprint density at radius 3 is 2.55 bits per heavy atom. The summed E-state index contributed by atoms with van der Waals surface area (Å²) in [4.78, 5) is 8.26. The molecule has 0 spiro atoms. The number of pyridine rings is 1. The average molecular weight is 449 g/mol. The first-order valence-corrected chi connectivity index (χ1v) is 11.5. The van der Waals surface area contributed by atoms with Gasteiger partial charge in [-0.05, 0) is 61.0 Å². The number of aryl methyl sites for hydroxylation is 1. The highest BCUT2D eigenvalue weighted by atomic mass is 32.2. The predicted molar refractivity (Wildman–Crippen MR) is 119 cm³/mol. The Balaban J connectivity index is 1.56. The zero-order valence-corrected chi connectivity index (χ0v) is 17.9. The molecule has 0 radical (unpaired) electrons. The van der Waals surface area contributed by atoms with E-state index in [4.69, 9.17) is 4.74 Å². The van der Waals surface area contributed by atoms with E-state index in [1.165, 1.54) is 24.4 Å². The molecule has 0 unspecified atom stereocenters. The van der Waals surface area contributed by atoms with Gasteiger partial charge >= 0.3 is 0 Å². The van der Waals surface area contributed by atoms with Gasteiger partial charge in [-0.2, -0.15) is 5.26 Å². The lowest BCUT2D eigenvalue weighted by Gasteiger charge is -2.11. The van der Waals surface area contributed by atoms with Gasteiger partial charge in [0.15, 0.2) is 5.13 Å². The van der Waals surface area contributed by atoms with Crippen molar-refractivity contribution < 1.29 is 13.2 Å². The van der Waals surface area contributed by atoms with Crippen LogP contribution in [-0.2, 0) is 10.0 Å². The summed E-state index contributed by atoms with van der Waals surface area (Å²) in [5.41, 5.74) is 2.99. The lowest BCUT2D eigenvalue weighted by molar-refractivity contribution is 0.480. The molecule has 0 bridgehead atoms. The van der Waals surface area contributed by atoms with Crippen molar-refractivity contribution in [3.63, 3.8) is 0 Å². The van der Waals surface area contributed by atoms with Crippen LogP contribution in [0.5, 0.6) is 11.5 Å². The van der Waals surface area contributed by atoms with Gasteiger partial charge in [0.25, 0.3) is 10.0 Å². The Labute approximate surface area is 183 Å². The topological polar surface area (TPSA) is 105 Å². The summed E-state index contributed by atoms with van der Waals surface area (Å²) >= 11 is 1.16. The van der Waals surface area contributed by atoms with Gasteiger partial charge in [0.05, 0.1) is 16.2 Å². The highest BCUT2D eigenvalue weighted by Crippen LogP contribution is 2.30. The highest BCUT2D eigenvalue weighted by Gasteiger charge is 2.18. The molecular formula is C22H16N4O3S2. The highest BCUT2D eigenvalue weighted by molar-refractivity contribution is 7.93. The van der Waals surface area contributed by atoms with E-state index < -0.39 is 10.0 Å². The van der Waals surface area contributed by atoms with Gasteiger partial charge in [-0.3, -0.25) is 9.71 Å². The molecule has 0 aliphatic carbocycles. The van der Waals surface area contributed by atoms with Crippen molar-refractivity contribution in [3.8, 4) is 28.8 Å². The maximum atomic E-state index is 12.5. The fourth-order valence-corrected chi connectivity index (χ4v) is 4.71. The van der Waals surface area contributed by atoms with Crippen LogP contribution in [0, 0.1) is 18.3 Å². The van der Waals surface area contributed by atoms with E-state index in [-0.39, 0.29) is 21.3 Å². The molecule has 154 valence electrons. The van der Waals surface area contributed by atoms with E-state index in [9.17, 15) is 13.7 Å². The number of rotatable bonds is 6. The second-order valence-corrected chi connectivity index (χ2v) is 9.08. The van der Waals surface area contributed by atoms with Crippen molar-refractivity contribution in [2.24, 2.45) is 0 Å². The van der Waals surface area contributed by atoms with Gasteiger partial charge < -0.3 is 4.74 Å². The summed E-state index contributed by atoms with van der Waals surface area (Å²) in [7, 11) is -3.86. The first-order valence-electron chi connectivity index (χ1n) is 9.12. The van der Waals surface area contributed by atoms with Crippen LogP contribution in [-0.4, -0.2) is 18.4 Å². The third kappa shape index (κ3) is 4.55. The standard InChI is InChI=1S/C22H16N4O3S2/c1-15-3-2-10-24-21(15)16-4-6-18(7-5-16)29-20-9-8-19(13-17(20)14-23)31(27,28)26-22-25-11-12-30-22/h2-13H,1H3,(H,25,26). The predicted octanol–water partition coefficient (Wildman–Crippen LogP) is 4.98. The maximum absolute atomic E-state index is 12.5. The van der Waals surface area contributed by atoms with Gasteiger partial charge in [-0.15, -0.1) is 11.3 Å². The molecule has 0 aliphatic rings. The molecule has 2 aromatic carbocycles. The Hall–Kier alpha value is -3.74. The molecule has 4 rings (SSSR count). The number of nitriles is 1. The molecule has 7 nitrogen and oxygen atoms in total. The van der Waals surface area contributed by atoms with Crippen LogP contribution < -0.4 is 9.46 Å². The Morgan fingerprint density at radius 1 is 1.06 bits per heavy atom. The van der Waals surface area contributed by atoms with Crippen LogP contribution in [0.1, 0.15) is 11.1 Å². The van der Waals surface area contributed by atoms with Gasteiger partial charge in [-0.25, -0.2) is 13.4 Å². The van der Waals surface area contributed by atoms with Crippen molar-refractivity contribution in [1.29, 1.82) is 5.26 Å². The molecule has 2 aromatic heterocycles. The van der Waals surface area contributed by atoms with Gasteiger partial charge in [0.1, 0.15) is 17.6 Å². The molecule has 0 aliphatic heterocycles. The van der Waals surface area contributed by atoms with Crippen LogP contribution in [0.3, 0.4) is 0 Å². The SMILES string of the molecule is Cc1cccnc1-c1ccc(Oc2ccc(S(=O)(=O)Nc3nccs3)cc2C#N)cc1. The number of sulfonamides is 1. The molecular weight excluding hydrogens is 432 g/mol. The molecule has 0 fully saturated rings. The van der Waals surface area contributed by atoms with Gasteiger partial charge in [0.2, 0.25) is 0 Å². The number of nitrogens with zero attached hydrogens (tertiary/aromatic N) is 3. The molecule has 9 heteroatoms. The van der Waals surface area contributed by atoms with Gasteiger partial charge in [-0.1, -0.05) is 6.07 Å². The minimum Gasteiger partial charge on any atom is -0.456 e. The quantitative estimate of drug-likeness (QED) is 0.446. The zero-order valence-electron chi connectivity index (χ0n) is 16.3. The molecule has 0 atom stereocenters. The lowest BCUT2D eigenvalue weighted by atomic mass is 10.1. The minimum atomic E-state index is -3.86. The monoisotopic (exact) mass is 448 g/mol. The molecule has 0 amide bonds.